The number of carboxylic acids is 1. The number of carboxylic acid groups (broad SMARTS) is 1. The first-order valence-electron chi connectivity index (χ1n) is 6.69. The minimum atomic E-state index is -0.723. The summed E-state index contributed by atoms with van der Waals surface area (Å²) < 4.78 is 6.04. The van der Waals surface area contributed by atoms with E-state index in [1.807, 2.05) is 26.0 Å². The Hall–Kier alpha value is -1.16. The Morgan fingerprint density at radius 2 is 2.26 bits per heavy atom. The zero-order valence-corrected chi connectivity index (χ0v) is 12.0. The van der Waals surface area contributed by atoms with Crippen LogP contribution in [0.25, 0.3) is 0 Å². The summed E-state index contributed by atoms with van der Waals surface area (Å²) in [4.78, 5) is 12.0. The molecule has 1 atom stereocenters. The Morgan fingerprint density at radius 1 is 1.53 bits per heavy atom. The summed E-state index contributed by atoms with van der Waals surface area (Å²) in [6, 6.07) is 6.11. The highest BCUT2D eigenvalue weighted by atomic mass is 32.2. The van der Waals surface area contributed by atoms with Crippen LogP contribution in [0.1, 0.15) is 44.6 Å². The van der Waals surface area contributed by atoms with Crippen molar-refractivity contribution in [3.8, 4) is 5.75 Å². The van der Waals surface area contributed by atoms with Crippen molar-refractivity contribution in [2.75, 3.05) is 0 Å². The number of carbonyl (C=O) groups is 1. The largest absolute Gasteiger partial charge is 0.481 e. The van der Waals surface area contributed by atoms with E-state index < -0.39 is 5.97 Å². The van der Waals surface area contributed by atoms with Gasteiger partial charge in [-0.3, -0.25) is 4.79 Å². The Bertz CT molecular complexity index is 520. The lowest BCUT2D eigenvalue weighted by atomic mass is 9.90. The van der Waals surface area contributed by atoms with Gasteiger partial charge in [-0.1, -0.05) is 23.9 Å². The van der Waals surface area contributed by atoms with Crippen molar-refractivity contribution < 1.29 is 14.6 Å². The Morgan fingerprint density at radius 3 is 2.89 bits per heavy atom. The lowest BCUT2D eigenvalue weighted by Gasteiger charge is -2.20. The van der Waals surface area contributed by atoms with Gasteiger partial charge in [0.2, 0.25) is 0 Å². The summed E-state index contributed by atoms with van der Waals surface area (Å²) in [7, 11) is 0. The number of para-hydroxylation sites is 1. The van der Waals surface area contributed by atoms with Gasteiger partial charge in [-0.2, -0.15) is 0 Å². The van der Waals surface area contributed by atoms with Gasteiger partial charge in [-0.25, -0.2) is 0 Å². The standard InChI is InChI=1S/C15H18O3S/c1-15(2)18-14-10(4-3-5-12(14)19-15)11(8-13(16)17)9-6-7-9/h3-5,9,11H,6-8H2,1-2H3,(H,16,17). The van der Waals surface area contributed by atoms with Crippen LogP contribution < -0.4 is 4.74 Å². The van der Waals surface area contributed by atoms with E-state index in [4.69, 9.17) is 9.84 Å². The molecule has 1 N–H and O–H groups in total. The topological polar surface area (TPSA) is 46.5 Å². The molecule has 0 bridgehead atoms. The molecule has 3 rings (SSSR count). The maximum absolute atomic E-state index is 11.1. The van der Waals surface area contributed by atoms with Crippen LogP contribution in [0, 0.1) is 5.92 Å². The first kappa shape index (κ1) is 12.9. The van der Waals surface area contributed by atoms with Gasteiger partial charge in [-0.15, -0.1) is 0 Å². The molecule has 1 aliphatic heterocycles. The first-order valence-corrected chi connectivity index (χ1v) is 7.51. The van der Waals surface area contributed by atoms with Gasteiger partial charge >= 0.3 is 5.97 Å². The van der Waals surface area contributed by atoms with Gasteiger partial charge in [0.05, 0.1) is 11.3 Å². The first-order chi connectivity index (χ1) is 8.96. The molecule has 1 heterocycles. The van der Waals surface area contributed by atoms with Gasteiger partial charge in [0, 0.05) is 5.92 Å². The van der Waals surface area contributed by atoms with Crippen LogP contribution in [-0.4, -0.2) is 16.0 Å². The fourth-order valence-electron chi connectivity index (χ4n) is 2.76. The fourth-order valence-corrected chi connectivity index (χ4v) is 3.82. The third-order valence-corrected chi connectivity index (χ3v) is 4.81. The number of fused-ring (bicyclic) bond motifs is 1. The molecule has 0 radical (unpaired) electrons. The maximum atomic E-state index is 11.1. The SMILES string of the molecule is CC1(C)Oc2c(cccc2C(CC(=O)O)C2CC2)S1. The molecule has 2 aliphatic rings. The number of aliphatic carboxylic acids is 1. The average Bonchev–Trinajstić information content (AvgIpc) is 3.07. The molecule has 1 aromatic rings. The molecule has 1 aromatic carbocycles. The molecule has 102 valence electrons. The van der Waals surface area contributed by atoms with Gasteiger partial charge in [0.15, 0.2) is 4.93 Å². The molecule has 0 aromatic heterocycles. The predicted molar refractivity (Wildman–Crippen MR) is 74.7 cm³/mol. The molecular formula is C15H18O3S. The molecule has 1 fully saturated rings. The molecule has 4 heteroatoms. The lowest BCUT2D eigenvalue weighted by molar-refractivity contribution is -0.137. The van der Waals surface area contributed by atoms with E-state index >= 15 is 0 Å². The molecule has 0 amide bonds. The van der Waals surface area contributed by atoms with Crippen molar-refractivity contribution >= 4 is 17.7 Å². The number of ether oxygens (including phenoxy) is 1. The third kappa shape index (κ3) is 2.59. The second kappa shape index (κ2) is 4.44. The van der Waals surface area contributed by atoms with Crippen molar-refractivity contribution in [1.29, 1.82) is 0 Å². The van der Waals surface area contributed by atoms with Crippen LogP contribution in [0.15, 0.2) is 23.1 Å². The normalized spacial score (nSPS) is 21.6. The number of rotatable bonds is 4. The van der Waals surface area contributed by atoms with Gasteiger partial charge in [0.25, 0.3) is 0 Å². The van der Waals surface area contributed by atoms with E-state index in [0.29, 0.717) is 5.92 Å². The van der Waals surface area contributed by atoms with Crippen molar-refractivity contribution in [3.05, 3.63) is 23.8 Å². The molecule has 19 heavy (non-hydrogen) atoms. The summed E-state index contributed by atoms with van der Waals surface area (Å²) in [5.74, 6) is 0.803. The minimum absolute atomic E-state index is 0.0990. The summed E-state index contributed by atoms with van der Waals surface area (Å²) in [6.45, 7) is 4.09. The second-order valence-electron chi connectivity index (χ2n) is 5.82. The zero-order valence-electron chi connectivity index (χ0n) is 11.2. The molecule has 1 saturated carbocycles. The van der Waals surface area contributed by atoms with E-state index in [0.717, 1.165) is 29.1 Å². The van der Waals surface area contributed by atoms with Crippen LogP contribution in [0.3, 0.4) is 0 Å². The highest BCUT2D eigenvalue weighted by Crippen LogP contribution is 2.54. The summed E-state index contributed by atoms with van der Waals surface area (Å²) >= 11 is 1.71. The van der Waals surface area contributed by atoms with Gasteiger partial charge in [-0.05, 0) is 44.2 Å². The number of hydrogen-bond donors (Lipinski definition) is 1. The van der Waals surface area contributed by atoms with Crippen LogP contribution in [0.4, 0.5) is 0 Å². The van der Waals surface area contributed by atoms with Crippen LogP contribution in [0.2, 0.25) is 0 Å². The fraction of sp³-hybridized carbons (Fsp3) is 0.533. The Kier molecular flexibility index (Phi) is 3.01. The average molecular weight is 278 g/mol. The van der Waals surface area contributed by atoms with Crippen LogP contribution in [-0.2, 0) is 4.79 Å². The molecule has 1 unspecified atom stereocenters. The molecule has 1 aliphatic carbocycles. The molecule has 3 nitrogen and oxygen atoms in total. The van der Waals surface area contributed by atoms with Crippen molar-refractivity contribution in [2.45, 2.75) is 48.9 Å². The highest BCUT2D eigenvalue weighted by molar-refractivity contribution is 8.00. The zero-order chi connectivity index (χ0) is 13.6. The lowest BCUT2D eigenvalue weighted by Crippen LogP contribution is -2.19. The Balaban J connectivity index is 1.97. The molecule has 0 spiro atoms. The van der Waals surface area contributed by atoms with Gasteiger partial charge < -0.3 is 9.84 Å². The van der Waals surface area contributed by atoms with E-state index in [2.05, 4.69) is 6.07 Å². The smallest absolute Gasteiger partial charge is 0.303 e. The van der Waals surface area contributed by atoms with Crippen molar-refractivity contribution in [3.63, 3.8) is 0 Å². The van der Waals surface area contributed by atoms with Crippen molar-refractivity contribution in [2.24, 2.45) is 5.92 Å². The number of thioether (sulfide) groups is 1. The molecule has 0 saturated heterocycles. The quantitative estimate of drug-likeness (QED) is 0.908. The third-order valence-electron chi connectivity index (χ3n) is 3.70. The minimum Gasteiger partial charge on any atom is -0.481 e. The summed E-state index contributed by atoms with van der Waals surface area (Å²) in [6.07, 6.45) is 2.48. The number of benzene rings is 1. The van der Waals surface area contributed by atoms with E-state index in [-0.39, 0.29) is 17.3 Å². The maximum Gasteiger partial charge on any atom is 0.303 e. The monoisotopic (exact) mass is 278 g/mol. The summed E-state index contributed by atoms with van der Waals surface area (Å²) in [5.41, 5.74) is 1.08. The van der Waals surface area contributed by atoms with E-state index in [1.165, 1.54) is 0 Å². The Labute approximate surface area is 117 Å². The predicted octanol–water partition coefficient (Wildman–Crippen LogP) is 3.88. The molecular weight excluding hydrogens is 260 g/mol. The van der Waals surface area contributed by atoms with E-state index in [1.54, 1.807) is 11.8 Å². The number of hydrogen-bond acceptors (Lipinski definition) is 3. The van der Waals surface area contributed by atoms with Gasteiger partial charge in [0.1, 0.15) is 5.75 Å². The van der Waals surface area contributed by atoms with E-state index in [9.17, 15) is 4.79 Å². The van der Waals surface area contributed by atoms with Crippen LogP contribution >= 0.6 is 11.8 Å². The van der Waals surface area contributed by atoms with Crippen molar-refractivity contribution in [1.82, 2.24) is 0 Å². The van der Waals surface area contributed by atoms with Crippen LogP contribution in [0.5, 0.6) is 5.75 Å². The second-order valence-corrected chi connectivity index (χ2v) is 7.45. The highest BCUT2D eigenvalue weighted by Gasteiger charge is 2.39. The summed E-state index contributed by atoms with van der Waals surface area (Å²) in [5, 5.41) is 9.13.